The first-order valence-corrected chi connectivity index (χ1v) is 4.49. The van der Waals surface area contributed by atoms with Crippen LogP contribution in [0, 0.1) is 0 Å². The summed E-state index contributed by atoms with van der Waals surface area (Å²) in [7, 11) is 0. The molecule has 0 aromatic heterocycles. The number of hydrogen-bond acceptors (Lipinski definition) is 2. The Morgan fingerprint density at radius 2 is 2.20 bits per heavy atom. The molecule has 0 fully saturated rings. The summed E-state index contributed by atoms with van der Waals surface area (Å²) >= 11 is 0. The highest BCUT2D eigenvalue weighted by molar-refractivity contribution is 5.92. The van der Waals surface area contributed by atoms with Crippen molar-refractivity contribution < 1.29 is 19.4 Å². The van der Waals surface area contributed by atoms with E-state index in [9.17, 15) is 14.3 Å². The van der Waals surface area contributed by atoms with Crippen LogP contribution in [-0.4, -0.2) is 22.4 Å². The first-order chi connectivity index (χ1) is 7.11. The third-order valence-electron chi connectivity index (χ3n) is 2.48. The van der Waals surface area contributed by atoms with Crippen molar-refractivity contribution in [1.82, 2.24) is 0 Å². The zero-order valence-electron chi connectivity index (χ0n) is 7.77. The van der Waals surface area contributed by atoms with Gasteiger partial charge >= 0.3 is 5.97 Å². The number of phenolic OH excluding ortho intramolecular Hbond substituents is 1. The first kappa shape index (κ1) is 9.71. The van der Waals surface area contributed by atoms with Gasteiger partial charge in [-0.2, -0.15) is 0 Å². The zero-order valence-corrected chi connectivity index (χ0v) is 7.77. The molecule has 2 N–H and O–H groups in total. The van der Waals surface area contributed by atoms with E-state index in [0.29, 0.717) is 17.5 Å². The molecule has 1 unspecified atom stereocenters. The summed E-state index contributed by atoms with van der Waals surface area (Å²) in [5, 5.41) is 18.0. The van der Waals surface area contributed by atoms with E-state index < -0.39 is 12.1 Å². The molecule has 3 nitrogen and oxygen atoms in total. The van der Waals surface area contributed by atoms with Crippen molar-refractivity contribution in [3.8, 4) is 5.75 Å². The Kier molecular flexibility index (Phi) is 2.19. The van der Waals surface area contributed by atoms with E-state index in [1.807, 2.05) is 0 Å². The number of aliphatic carboxylic acids is 1. The molecule has 1 aliphatic carbocycles. The van der Waals surface area contributed by atoms with Crippen molar-refractivity contribution in [2.75, 3.05) is 0 Å². The maximum atomic E-state index is 13.3. The van der Waals surface area contributed by atoms with E-state index in [4.69, 9.17) is 5.11 Å². The van der Waals surface area contributed by atoms with E-state index in [2.05, 4.69) is 0 Å². The van der Waals surface area contributed by atoms with Crippen LogP contribution in [-0.2, 0) is 11.2 Å². The number of carboxylic acids is 1. The van der Waals surface area contributed by atoms with Gasteiger partial charge in [-0.05, 0) is 18.1 Å². The normalized spacial score (nSPS) is 15.7. The molecule has 1 atom stereocenters. The highest BCUT2D eigenvalue weighted by atomic mass is 19.1. The summed E-state index contributed by atoms with van der Waals surface area (Å²) in [6, 6.07) is 4.69. The molecule has 2 rings (SSSR count). The second-order valence-electron chi connectivity index (χ2n) is 3.37. The van der Waals surface area contributed by atoms with Crippen molar-refractivity contribution in [2.45, 2.75) is 12.6 Å². The topological polar surface area (TPSA) is 57.5 Å². The number of fused-ring (bicyclic) bond motifs is 1. The molecule has 0 amide bonds. The van der Waals surface area contributed by atoms with Crippen LogP contribution in [0.25, 0.3) is 5.57 Å². The van der Waals surface area contributed by atoms with Crippen molar-refractivity contribution in [3.63, 3.8) is 0 Å². The quantitative estimate of drug-likeness (QED) is 0.778. The van der Waals surface area contributed by atoms with Crippen LogP contribution in [0.1, 0.15) is 11.1 Å². The van der Waals surface area contributed by atoms with Crippen LogP contribution in [0.3, 0.4) is 0 Å². The SMILES string of the molecule is O=C(O)C(F)C1=CCc2c(O)cccc21. The number of rotatable bonds is 2. The smallest absolute Gasteiger partial charge is 0.343 e. The molecule has 0 bridgehead atoms. The molecule has 0 radical (unpaired) electrons. The Labute approximate surface area is 85.5 Å². The molecular weight excluding hydrogens is 199 g/mol. The standard InChI is InChI=1S/C11H9FO3/c12-10(11(14)15)8-5-4-7-6(8)2-1-3-9(7)13/h1-3,5,10,13H,4H2,(H,14,15). The molecule has 1 aromatic carbocycles. The van der Waals surface area contributed by atoms with Crippen LogP contribution in [0.15, 0.2) is 24.3 Å². The molecule has 78 valence electrons. The molecule has 15 heavy (non-hydrogen) atoms. The summed E-state index contributed by atoms with van der Waals surface area (Å²) in [5.41, 5.74) is 1.22. The van der Waals surface area contributed by atoms with Gasteiger partial charge < -0.3 is 10.2 Å². The highest BCUT2D eigenvalue weighted by Crippen LogP contribution is 2.35. The van der Waals surface area contributed by atoms with Crippen molar-refractivity contribution in [2.24, 2.45) is 0 Å². The maximum absolute atomic E-state index is 13.3. The van der Waals surface area contributed by atoms with Gasteiger partial charge in [-0.3, -0.25) is 0 Å². The Bertz CT molecular complexity index is 451. The number of allylic oxidation sites excluding steroid dienone is 1. The van der Waals surface area contributed by atoms with E-state index in [0.717, 1.165) is 0 Å². The Balaban J connectivity index is 2.43. The largest absolute Gasteiger partial charge is 0.508 e. The van der Waals surface area contributed by atoms with Gasteiger partial charge in [0.1, 0.15) is 5.75 Å². The molecule has 0 saturated heterocycles. The fourth-order valence-corrected chi connectivity index (χ4v) is 1.75. The number of halogens is 1. The van der Waals surface area contributed by atoms with Gasteiger partial charge in [-0.15, -0.1) is 0 Å². The van der Waals surface area contributed by atoms with Crippen LogP contribution in [0.2, 0.25) is 0 Å². The fourth-order valence-electron chi connectivity index (χ4n) is 1.75. The van der Waals surface area contributed by atoms with E-state index >= 15 is 0 Å². The van der Waals surface area contributed by atoms with Crippen LogP contribution >= 0.6 is 0 Å². The third kappa shape index (κ3) is 1.48. The number of phenols is 1. The minimum atomic E-state index is -2.02. The molecule has 4 heteroatoms. The number of alkyl halides is 1. The van der Waals surface area contributed by atoms with Crippen LogP contribution in [0.4, 0.5) is 4.39 Å². The lowest BCUT2D eigenvalue weighted by Crippen LogP contribution is -2.15. The minimum absolute atomic E-state index is 0.0799. The molecule has 0 aliphatic heterocycles. The zero-order chi connectivity index (χ0) is 11.0. The predicted molar refractivity (Wildman–Crippen MR) is 52.3 cm³/mol. The maximum Gasteiger partial charge on any atom is 0.343 e. The monoisotopic (exact) mass is 208 g/mol. The van der Waals surface area contributed by atoms with E-state index in [-0.39, 0.29) is 11.3 Å². The highest BCUT2D eigenvalue weighted by Gasteiger charge is 2.28. The molecule has 1 aromatic rings. The summed E-state index contributed by atoms with van der Waals surface area (Å²) < 4.78 is 13.3. The van der Waals surface area contributed by atoms with Gasteiger partial charge in [0.2, 0.25) is 6.17 Å². The van der Waals surface area contributed by atoms with E-state index in [1.165, 1.54) is 12.1 Å². The second kappa shape index (κ2) is 3.38. The van der Waals surface area contributed by atoms with Crippen LogP contribution in [0.5, 0.6) is 5.75 Å². The molecular formula is C11H9FO3. The Morgan fingerprint density at radius 3 is 2.87 bits per heavy atom. The summed E-state index contributed by atoms with van der Waals surface area (Å²) in [6.07, 6.45) is -0.137. The van der Waals surface area contributed by atoms with E-state index in [1.54, 1.807) is 12.1 Å². The van der Waals surface area contributed by atoms with Gasteiger partial charge in [0.25, 0.3) is 0 Å². The lowest BCUT2D eigenvalue weighted by atomic mass is 10.0. The Hall–Kier alpha value is -1.84. The summed E-state index contributed by atoms with van der Waals surface area (Å²) in [4.78, 5) is 10.5. The number of aromatic hydroxyl groups is 1. The van der Waals surface area contributed by atoms with Gasteiger partial charge in [0, 0.05) is 11.1 Å². The second-order valence-corrected chi connectivity index (χ2v) is 3.37. The Morgan fingerprint density at radius 1 is 1.47 bits per heavy atom. The number of benzene rings is 1. The number of carboxylic acid groups (broad SMARTS) is 1. The fraction of sp³-hybridized carbons (Fsp3) is 0.182. The number of hydrogen-bond donors (Lipinski definition) is 2. The third-order valence-corrected chi connectivity index (χ3v) is 2.48. The molecule has 0 spiro atoms. The van der Waals surface area contributed by atoms with Gasteiger partial charge in [0.05, 0.1) is 0 Å². The van der Waals surface area contributed by atoms with Crippen molar-refractivity contribution in [1.29, 1.82) is 0 Å². The van der Waals surface area contributed by atoms with Gasteiger partial charge in [-0.1, -0.05) is 18.2 Å². The summed E-state index contributed by atoms with van der Waals surface area (Å²) in [6.45, 7) is 0. The predicted octanol–water partition coefficient (Wildman–Crippen LogP) is 1.75. The number of carbonyl (C=O) groups is 1. The molecule has 1 aliphatic rings. The average Bonchev–Trinajstić information content (AvgIpc) is 2.61. The molecule has 0 saturated carbocycles. The lowest BCUT2D eigenvalue weighted by molar-refractivity contribution is -0.140. The molecule has 0 heterocycles. The van der Waals surface area contributed by atoms with Gasteiger partial charge in [-0.25, -0.2) is 9.18 Å². The van der Waals surface area contributed by atoms with Crippen molar-refractivity contribution >= 4 is 11.5 Å². The first-order valence-electron chi connectivity index (χ1n) is 4.49. The summed E-state index contributed by atoms with van der Waals surface area (Å²) in [5.74, 6) is -1.42. The van der Waals surface area contributed by atoms with Gasteiger partial charge in [0.15, 0.2) is 0 Å². The van der Waals surface area contributed by atoms with Crippen molar-refractivity contribution in [3.05, 3.63) is 35.4 Å². The lowest BCUT2D eigenvalue weighted by Gasteiger charge is -2.07. The van der Waals surface area contributed by atoms with Crippen LogP contribution < -0.4 is 0 Å². The average molecular weight is 208 g/mol. The minimum Gasteiger partial charge on any atom is -0.508 e.